The lowest BCUT2D eigenvalue weighted by molar-refractivity contribution is 0.0601. The summed E-state index contributed by atoms with van der Waals surface area (Å²) in [5, 5.41) is 1.14. The van der Waals surface area contributed by atoms with E-state index in [-0.39, 0.29) is 12.0 Å². The largest absolute Gasteiger partial charge is 0.465 e. The number of aromatic amines is 1. The minimum atomic E-state index is -0.389. The van der Waals surface area contributed by atoms with Gasteiger partial charge in [0.15, 0.2) is 5.82 Å². The first kappa shape index (κ1) is 23.0. The molecule has 1 aliphatic heterocycles. The molecule has 0 bridgehead atoms. The van der Waals surface area contributed by atoms with E-state index in [0.717, 1.165) is 64.6 Å². The number of carbonyl (C=O) groups is 1. The van der Waals surface area contributed by atoms with E-state index < -0.39 is 0 Å². The Labute approximate surface area is 214 Å². The molecule has 1 N–H and O–H groups in total. The van der Waals surface area contributed by atoms with Crippen molar-refractivity contribution in [3.05, 3.63) is 78.1 Å². The van der Waals surface area contributed by atoms with Crippen LogP contribution in [0.2, 0.25) is 0 Å². The standard InChI is InChI=1S/C29H28N6O2/c1-18-14-22-15-20(7-9-23(22)31-18)27-28(33-25-16-21(29(36)37-3)8-10-24(25)32-27)35-13-12-34(17-19(35)2)26-6-4-5-11-30-26/h4-11,14-16,19,31H,12-13,17H2,1-3H3. The van der Waals surface area contributed by atoms with Crippen LogP contribution in [-0.4, -0.2) is 58.7 Å². The molecule has 0 spiro atoms. The first-order valence-electron chi connectivity index (χ1n) is 12.4. The molecule has 1 fully saturated rings. The van der Waals surface area contributed by atoms with Gasteiger partial charge in [0.05, 0.1) is 23.7 Å². The summed E-state index contributed by atoms with van der Waals surface area (Å²) in [6, 6.07) is 20.0. The molecule has 2 aromatic carbocycles. The third-order valence-corrected chi connectivity index (χ3v) is 6.97. The normalized spacial score (nSPS) is 15.9. The summed E-state index contributed by atoms with van der Waals surface area (Å²) in [5.74, 6) is 1.41. The van der Waals surface area contributed by atoms with Gasteiger partial charge in [-0.3, -0.25) is 0 Å². The zero-order chi connectivity index (χ0) is 25.5. The molecule has 8 nitrogen and oxygen atoms in total. The lowest BCUT2D eigenvalue weighted by atomic mass is 10.1. The Morgan fingerprint density at radius 3 is 2.70 bits per heavy atom. The van der Waals surface area contributed by atoms with Crippen molar-refractivity contribution in [3.63, 3.8) is 0 Å². The van der Waals surface area contributed by atoms with Crippen molar-refractivity contribution in [2.45, 2.75) is 19.9 Å². The molecule has 0 saturated carbocycles. The average molecular weight is 493 g/mol. The number of rotatable bonds is 4. The second-order valence-corrected chi connectivity index (χ2v) is 9.52. The molecule has 6 rings (SSSR count). The van der Waals surface area contributed by atoms with Gasteiger partial charge in [-0.05, 0) is 62.4 Å². The predicted molar refractivity (Wildman–Crippen MR) is 146 cm³/mol. The number of pyridine rings is 1. The summed E-state index contributed by atoms with van der Waals surface area (Å²) >= 11 is 0. The molecular formula is C29H28N6O2. The smallest absolute Gasteiger partial charge is 0.337 e. The highest BCUT2D eigenvalue weighted by Gasteiger charge is 2.28. The average Bonchev–Trinajstić information content (AvgIpc) is 3.31. The highest BCUT2D eigenvalue weighted by Crippen LogP contribution is 2.34. The number of H-pyrrole nitrogens is 1. The van der Waals surface area contributed by atoms with Gasteiger partial charge in [-0.1, -0.05) is 12.1 Å². The first-order chi connectivity index (χ1) is 18.0. The monoisotopic (exact) mass is 492 g/mol. The van der Waals surface area contributed by atoms with E-state index in [9.17, 15) is 4.79 Å². The number of hydrogen-bond acceptors (Lipinski definition) is 7. The quantitative estimate of drug-likeness (QED) is 0.354. The van der Waals surface area contributed by atoms with Crippen LogP contribution in [0.1, 0.15) is 23.0 Å². The van der Waals surface area contributed by atoms with Crippen LogP contribution in [0.15, 0.2) is 66.9 Å². The third kappa shape index (κ3) is 4.24. The Hall–Kier alpha value is -4.46. The van der Waals surface area contributed by atoms with Gasteiger partial charge in [-0.25, -0.2) is 19.7 Å². The van der Waals surface area contributed by atoms with E-state index in [1.165, 1.54) is 7.11 Å². The van der Waals surface area contributed by atoms with Crippen molar-refractivity contribution in [2.75, 3.05) is 36.5 Å². The van der Waals surface area contributed by atoms with Gasteiger partial charge in [-0.15, -0.1) is 0 Å². The number of piperazine rings is 1. The van der Waals surface area contributed by atoms with Crippen molar-refractivity contribution in [3.8, 4) is 11.3 Å². The van der Waals surface area contributed by atoms with E-state index in [2.05, 4.69) is 57.9 Å². The van der Waals surface area contributed by atoms with Gasteiger partial charge in [0, 0.05) is 54.0 Å². The number of nitrogens with zero attached hydrogens (tertiary/aromatic N) is 5. The highest BCUT2D eigenvalue weighted by atomic mass is 16.5. The summed E-state index contributed by atoms with van der Waals surface area (Å²) in [5.41, 5.74) is 5.91. The number of aryl methyl sites for hydroxylation is 1. The van der Waals surface area contributed by atoms with E-state index in [1.807, 2.05) is 30.5 Å². The second kappa shape index (κ2) is 9.20. The summed E-state index contributed by atoms with van der Waals surface area (Å²) in [4.78, 5) is 34.9. The van der Waals surface area contributed by atoms with Crippen LogP contribution >= 0.6 is 0 Å². The number of aromatic nitrogens is 4. The maximum absolute atomic E-state index is 12.2. The van der Waals surface area contributed by atoms with Crippen molar-refractivity contribution in [1.82, 2.24) is 19.9 Å². The molecule has 1 saturated heterocycles. The van der Waals surface area contributed by atoms with Gasteiger partial charge in [0.2, 0.25) is 0 Å². The lowest BCUT2D eigenvalue weighted by Gasteiger charge is -2.41. The number of ether oxygens (including phenoxy) is 1. The van der Waals surface area contributed by atoms with Crippen molar-refractivity contribution >= 4 is 39.5 Å². The third-order valence-electron chi connectivity index (χ3n) is 6.97. The van der Waals surface area contributed by atoms with Crippen LogP contribution in [0.4, 0.5) is 11.6 Å². The topological polar surface area (TPSA) is 87.2 Å². The van der Waals surface area contributed by atoms with Crippen LogP contribution in [0, 0.1) is 6.92 Å². The fourth-order valence-corrected chi connectivity index (χ4v) is 5.13. The number of esters is 1. The van der Waals surface area contributed by atoms with Crippen molar-refractivity contribution in [1.29, 1.82) is 0 Å². The molecule has 0 amide bonds. The Bertz CT molecular complexity index is 1610. The van der Waals surface area contributed by atoms with Crippen LogP contribution < -0.4 is 9.80 Å². The molecule has 4 heterocycles. The minimum Gasteiger partial charge on any atom is -0.465 e. The van der Waals surface area contributed by atoms with Crippen LogP contribution in [0.25, 0.3) is 33.2 Å². The number of benzene rings is 2. The van der Waals surface area contributed by atoms with E-state index >= 15 is 0 Å². The van der Waals surface area contributed by atoms with Crippen LogP contribution in [0.3, 0.4) is 0 Å². The van der Waals surface area contributed by atoms with Gasteiger partial charge < -0.3 is 19.5 Å². The molecule has 1 atom stereocenters. The summed E-state index contributed by atoms with van der Waals surface area (Å²) in [6.45, 7) is 6.66. The number of fused-ring (bicyclic) bond motifs is 2. The molecule has 3 aromatic heterocycles. The number of carbonyl (C=O) groups excluding carboxylic acids is 1. The molecule has 1 unspecified atom stereocenters. The molecule has 1 aliphatic rings. The molecule has 8 heteroatoms. The van der Waals surface area contributed by atoms with E-state index in [1.54, 1.807) is 12.1 Å². The van der Waals surface area contributed by atoms with Gasteiger partial charge >= 0.3 is 5.97 Å². The molecule has 0 aliphatic carbocycles. The number of methoxy groups -OCH3 is 1. The second-order valence-electron chi connectivity index (χ2n) is 9.52. The number of hydrogen-bond donors (Lipinski definition) is 1. The van der Waals surface area contributed by atoms with Crippen molar-refractivity contribution < 1.29 is 9.53 Å². The zero-order valence-corrected chi connectivity index (χ0v) is 21.1. The summed E-state index contributed by atoms with van der Waals surface area (Å²) < 4.78 is 4.93. The Kier molecular flexibility index (Phi) is 5.71. The number of nitrogens with one attached hydrogen (secondary N) is 1. The fourth-order valence-electron chi connectivity index (χ4n) is 5.13. The first-order valence-corrected chi connectivity index (χ1v) is 12.4. The zero-order valence-electron chi connectivity index (χ0n) is 21.1. The molecule has 0 radical (unpaired) electrons. The minimum absolute atomic E-state index is 0.170. The Morgan fingerprint density at radius 1 is 1.03 bits per heavy atom. The van der Waals surface area contributed by atoms with E-state index in [0.29, 0.717) is 11.1 Å². The summed E-state index contributed by atoms with van der Waals surface area (Å²) in [7, 11) is 1.38. The molecule has 5 aromatic rings. The lowest BCUT2D eigenvalue weighted by Crippen LogP contribution is -2.52. The Balaban J connectivity index is 1.46. The van der Waals surface area contributed by atoms with Gasteiger partial charge in [0.1, 0.15) is 11.5 Å². The van der Waals surface area contributed by atoms with Gasteiger partial charge in [-0.2, -0.15) is 0 Å². The maximum Gasteiger partial charge on any atom is 0.337 e. The van der Waals surface area contributed by atoms with Gasteiger partial charge in [0.25, 0.3) is 0 Å². The van der Waals surface area contributed by atoms with Crippen molar-refractivity contribution in [2.24, 2.45) is 0 Å². The maximum atomic E-state index is 12.2. The van der Waals surface area contributed by atoms with Crippen LogP contribution in [0.5, 0.6) is 0 Å². The molecule has 37 heavy (non-hydrogen) atoms. The van der Waals surface area contributed by atoms with E-state index in [4.69, 9.17) is 14.7 Å². The van der Waals surface area contributed by atoms with Crippen LogP contribution in [-0.2, 0) is 4.74 Å². The molecular weight excluding hydrogens is 464 g/mol. The number of anilines is 2. The molecule has 186 valence electrons. The fraction of sp³-hybridized carbons (Fsp3) is 0.241. The predicted octanol–water partition coefficient (Wildman–Crippen LogP) is 4.98. The Morgan fingerprint density at radius 2 is 1.92 bits per heavy atom. The summed E-state index contributed by atoms with van der Waals surface area (Å²) in [6.07, 6.45) is 1.83. The highest BCUT2D eigenvalue weighted by molar-refractivity contribution is 5.95. The SMILES string of the molecule is COC(=O)c1ccc2nc(-c3ccc4[nH]c(C)cc4c3)c(N3CCN(c4ccccn4)CC3C)nc2c1.